The first-order chi connectivity index (χ1) is 35.0. The number of likely N-dealkylation sites (tertiary alicyclic amines) is 2. The molecule has 4 aromatic carbocycles. The molecule has 4 heterocycles. The lowest BCUT2D eigenvalue weighted by Gasteiger charge is -2.32. The zero-order chi connectivity index (χ0) is 52.9. The number of benzene rings is 4. The first kappa shape index (κ1) is 58.1. The lowest BCUT2D eigenvalue weighted by atomic mass is 10.0. The van der Waals surface area contributed by atoms with Crippen molar-refractivity contribution in [3.63, 3.8) is 0 Å². The molecule has 0 spiro atoms. The van der Waals surface area contributed by atoms with Crippen molar-refractivity contribution >= 4 is 93.4 Å². The van der Waals surface area contributed by atoms with Gasteiger partial charge in [0.25, 0.3) is 0 Å². The zero-order valence-corrected chi connectivity index (χ0v) is 44.0. The summed E-state index contributed by atoms with van der Waals surface area (Å²) >= 11 is 24.4. The fraction of sp³-hybridized carbons (Fsp3) is 0.370. The number of hydrogen-bond acceptors (Lipinski definition) is 11. The Bertz CT molecular complexity index is 2550. The highest BCUT2D eigenvalue weighted by Crippen LogP contribution is 2.32. The summed E-state index contributed by atoms with van der Waals surface area (Å²) in [6.07, 6.45) is 11.3. The second-order valence-corrected chi connectivity index (χ2v) is 19.3. The summed E-state index contributed by atoms with van der Waals surface area (Å²) in [6.45, 7) is 7.77. The molecule has 3 amide bonds. The Labute approximate surface area is 446 Å². The molecule has 0 unspecified atom stereocenters. The lowest BCUT2D eigenvalue weighted by Crippen LogP contribution is -2.39. The first-order valence-electron chi connectivity index (χ1n) is 24.0. The van der Waals surface area contributed by atoms with Crippen molar-refractivity contribution in [3.05, 3.63) is 152 Å². The third-order valence-electron chi connectivity index (χ3n) is 12.4. The number of carbonyl (C=O) groups is 6. The quantitative estimate of drug-likeness (QED) is 0.0443. The van der Waals surface area contributed by atoms with Crippen molar-refractivity contribution in [1.29, 1.82) is 0 Å². The van der Waals surface area contributed by atoms with Crippen molar-refractivity contribution in [3.8, 4) is 0 Å². The van der Waals surface area contributed by atoms with E-state index in [1.807, 2.05) is 60.5 Å². The highest BCUT2D eigenvalue weighted by molar-refractivity contribution is 6.42. The Kier molecular flexibility index (Phi) is 23.7. The molecule has 15 nitrogen and oxygen atoms in total. The van der Waals surface area contributed by atoms with Gasteiger partial charge in [-0.2, -0.15) is 0 Å². The molecule has 4 aromatic rings. The maximum absolute atomic E-state index is 13.4. The number of esters is 2. The third-order valence-corrected chi connectivity index (χ3v) is 13.8. The number of ether oxygens (including phenoxy) is 2. The maximum Gasteiger partial charge on any atom is 0.338 e. The molecule has 0 bridgehead atoms. The van der Waals surface area contributed by atoms with E-state index in [2.05, 4.69) is 32.0 Å². The predicted octanol–water partition coefficient (Wildman–Crippen LogP) is 9.25. The average Bonchev–Trinajstić information content (AvgIpc) is 4.25. The monoisotopic (exact) mass is 1080 g/mol. The Balaban J connectivity index is 0.000000222. The topological polar surface area (TPSA) is 192 Å². The van der Waals surface area contributed by atoms with Crippen molar-refractivity contribution in [2.75, 3.05) is 77.6 Å². The van der Waals surface area contributed by atoms with E-state index in [1.54, 1.807) is 30.1 Å². The normalized spacial score (nSPS) is 16.0. The SMILES string of the molecule is C1CCOC1.CN(C(=O)Cc1cc(Cl)c(Cl)cc1N)[C@H](CN1CCCC1)c1ccccc1.CN(C(=O)Cc1cc(Cl)c(Cl)cc1NC(=O)/C=C\C(=O)O)[C@H](CN1CCCC1)c1ccccc1.O=C1C=CC(=O)O1. The molecule has 390 valence electrons. The summed E-state index contributed by atoms with van der Waals surface area (Å²) in [5.41, 5.74) is 10.2. The number of likely N-dealkylation sites (N-methyl/N-ethyl adjacent to an activating group) is 2. The van der Waals surface area contributed by atoms with Crippen molar-refractivity contribution in [2.24, 2.45) is 0 Å². The smallest absolute Gasteiger partial charge is 0.338 e. The van der Waals surface area contributed by atoms with Gasteiger partial charge in [-0.15, -0.1) is 0 Å². The number of nitrogen functional groups attached to an aromatic ring is 1. The maximum atomic E-state index is 13.4. The summed E-state index contributed by atoms with van der Waals surface area (Å²) in [5.74, 6) is -3.20. The van der Waals surface area contributed by atoms with Gasteiger partial charge in [-0.3, -0.25) is 14.4 Å². The number of carboxylic acid groups (broad SMARTS) is 1. The molecule has 0 radical (unpaired) electrons. The Hall–Kier alpha value is -5.78. The van der Waals surface area contributed by atoms with Gasteiger partial charge >= 0.3 is 17.9 Å². The van der Waals surface area contributed by atoms with Crippen LogP contribution in [0.5, 0.6) is 0 Å². The van der Waals surface area contributed by atoms with Gasteiger partial charge in [0.2, 0.25) is 17.7 Å². The minimum absolute atomic E-state index is 0.000738. The number of halogens is 4. The van der Waals surface area contributed by atoms with E-state index in [0.717, 1.165) is 101 Å². The number of cyclic esters (lactones) is 2. The molecular formula is C54H62Cl4N6O9. The number of nitrogens with one attached hydrogen (secondary N) is 1. The zero-order valence-electron chi connectivity index (χ0n) is 41.0. The number of hydrogen-bond donors (Lipinski definition) is 3. The molecular weight excluding hydrogens is 1020 g/mol. The summed E-state index contributed by atoms with van der Waals surface area (Å²) in [4.78, 5) is 77.4. The van der Waals surface area contributed by atoms with Crippen LogP contribution < -0.4 is 11.1 Å². The van der Waals surface area contributed by atoms with Crippen LogP contribution in [0.2, 0.25) is 20.1 Å². The number of nitrogens with two attached hydrogens (primary N) is 1. The van der Waals surface area contributed by atoms with Crippen LogP contribution in [-0.2, 0) is 51.1 Å². The molecule has 2 atom stereocenters. The van der Waals surface area contributed by atoms with Crippen molar-refractivity contribution in [2.45, 2.75) is 63.5 Å². The van der Waals surface area contributed by atoms with E-state index in [9.17, 15) is 28.8 Å². The fourth-order valence-electron chi connectivity index (χ4n) is 8.34. The Morgan fingerprint density at radius 1 is 0.644 bits per heavy atom. The van der Waals surface area contributed by atoms with Gasteiger partial charge in [-0.25, -0.2) is 14.4 Å². The molecule has 3 fully saturated rings. The molecule has 0 aliphatic carbocycles. The number of carboxylic acids is 1. The van der Waals surface area contributed by atoms with Crippen LogP contribution in [0.4, 0.5) is 11.4 Å². The highest BCUT2D eigenvalue weighted by Gasteiger charge is 2.28. The summed E-state index contributed by atoms with van der Waals surface area (Å²) in [6, 6.07) is 26.2. The van der Waals surface area contributed by atoms with Gasteiger partial charge in [0.05, 0.1) is 45.0 Å². The van der Waals surface area contributed by atoms with E-state index in [1.165, 1.54) is 31.7 Å². The van der Waals surface area contributed by atoms with E-state index in [-0.39, 0.29) is 46.8 Å². The van der Waals surface area contributed by atoms with Crippen LogP contribution in [0.15, 0.2) is 109 Å². The van der Waals surface area contributed by atoms with Gasteiger partial charge < -0.3 is 45.2 Å². The number of anilines is 2. The van der Waals surface area contributed by atoms with Gasteiger partial charge in [-0.1, -0.05) is 107 Å². The number of amides is 3. The molecule has 73 heavy (non-hydrogen) atoms. The van der Waals surface area contributed by atoms with Crippen LogP contribution in [0, 0.1) is 0 Å². The van der Waals surface area contributed by atoms with Gasteiger partial charge in [-0.05, 0) is 111 Å². The highest BCUT2D eigenvalue weighted by atomic mass is 35.5. The summed E-state index contributed by atoms with van der Waals surface area (Å²) < 4.78 is 8.92. The summed E-state index contributed by atoms with van der Waals surface area (Å²) in [7, 11) is 3.64. The molecule has 4 aliphatic heterocycles. The summed E-state index contributed by atoms with van der Waals surface area (Å²) in [5, 5.41) is 12.6. The minimum Gasteiger partial charge on any atom is -0.478 e. The molecule has 8 rings (SSSR count). The van der Waals surface area contributed by atoms with Crippen molar-refractivity contribution in [1.82, 2.24) is 19.6 Å². The third kappa shape index (κ3) is 19.2. The molecule has 19 heteroatoms. The number of carbonyl (C=O) groups excluding carboxylic acids is 5. The Morgan fingerprint density at radius 2 is 1.07 bits per heavy atom. The van der Waals surface area contributed by atoms with Crippen LogP contribution in [0.3, 0.4) is 0 Å². The second-order valence-electron chi connectivity index (χ2n) is 17.7. The molecule has 4 aliphatic rings. The lowest BCUT2D eigenvalue weighted by molar-refractivity contribution is -0.150. The second kappa shape index (κ2) is 29.8. The van der Waals surface area contributed by atoms with E-state index < -0.39 is 23.8 Å². The molecule has 0 aromatic heterocycles. The predicted molar refractivity (Wildman–Crippen MR) is 286 cm³/mol. The van der Waals surface area contributed by atoms with Crippen LogP contribution in [0.25, 0.3) is 0 Å². The fourth-order valence-corrected chi connectivity index (χ4v) is 9.05. The first-order valence-corrected chi connectivity index (χ1v) is 25.5. The van der Waals surface area contributed by atoms with E-state index >= 15 is 0 Å². The number of aliphatic carboxylic acids is 1. The van der Waals surface area contributed by atoms with Crippen molar-refractivity contribution < 1.29 is 43.3 Å². The molecule has 0 saturated carbocycles. The van der Waals surface area contributed by atoms with Gasteiger partial charge in [0.1, 0.15) is 0 Å². The molecule has 4 N–H and O–H groups in total. The van der Waals surface area contributed by atoms with Gasteiger partial charge in [0.15, 0.2) is 0 Å². The van der Waals surface area contributed by atoms with E-state index in [0.29, 0.717) is 32.5 Å². The Morgan fingerprint density at radius 3 is 1.48 bits per heavy atom. The minimum atomic E-state index is -1.24. The number of nitrogens with zero attached hydrogens (tertiary/aromatic N) is 4. The van der Waals surface area contributed by atoms with Crippen LogP contribution >= 0.6 is 46.4 Å². The number of rotatable bonds is 15. The standard InChI is InChI=1S/C25H27Cl2N3O4.C21H25Cl2N3O.C4H2O3.C4H8O/c1-29(22(16-30-11-5-6-12-30)17-7-3-2-4-8-17)24(32)14-18-13-19(26)20(27)15-21(18)28-23(31)9-10-25(33)34;1-25(21(27)12-16-11-17(22)18(23)13-19(16)24)20(14-26-9-5-6-10-26)15-7-3-2-4-8-15;5-3-1-2-4(6)7-3;1-2-4-5-3-1/h2-4,7-10,13,15,22H,5-6,11-12,14,16H2,1H3,(H,28,31)(H,33,34);2-4,7-8,11,13,20H,5-6,9-10,12,14,24H2,1H3;1-2H;1-4H2/b10-9-;;;/t22-;20-;;/m11../s1. The van der Waals surface area contributed by atoms with Crippen LogP contribution in [0.1, 0.15) is 72.9 Å². The molecule has 3 saturated heterocycles. The van der Waals surface area contributed by atoms with Gasteiger partial charge in [0, 0.05) is 76.1 Å². The van der Waals surface area contributed by atoms with E-state index in [4.69, 9.17) is 62.0 Å². The average molecular weight is 1080 g/mol. The largest absolute Gasteiger partial charge is 0.478 e. The van der Waals surface area contributed by atoms with Crippen LogP contribution in [-0.4, -0.2) is 127 Å².